The van der Waals surface area contributed by atoms with Gasteiger partial charge in [-0.2, -0.15) is 0 Å². The highest BCUT2D eigenvalue weighted by Gasteiger charge is 2.24. The Kier molecular flexibility index (Phi) is 3.93. The molecule has 26 heavy (non-hydrogen) atoms. The van der Waals surface area contributed by atoms with Crippen LogP contribution in [0.15, 0.2) is 72.3 Å². The number of carbonyl (C=O) groups excluding carboxylic acids is 1. The van der Waals surface area contributed by atoms with Crippen molar-refractivity contribution in [2.24, 2.45) is 0 Å². The van der Waals surface area contributed by atoms with E-state index >= 15 is 0 Å². The fourth-order valence-corrected chi connectivity index (χ4v) is 2.98. The van der Waals surface area contributed by atoms with Crippen LogP contribution >= 0.6 is 0 Å². The third-order valence-electron chi connectivity index (χ3n) is 4.35. The smallest absolute Gasteiger partial charge is 0.196 e. The quantitative estimate of drug-likeness (QED) is 0.533. The first-order chi connectivity index (χ1) is 12.6. The molecule has 0 aromatic heterocycles. The molecule has 0 amide bonds. The van der Waals surface area contributed by atoms with Gasteiger partial charge < -0.3 is 14.9 Å². The molecule has 1 aliphatic rings. The van der Waals surface area contributed by atoms with E-state index in [0.29, 0.717) is 22.4 Å². The highest BCUT2D eigenvalue weighted by Crippen LogP contribution is 2.33. The van der Waals surface area contributed by atoms with Gasteiger partial charge in [-0.25, -0.2) is 0 Å². The zero-order chi connectivity index (χ0) is 18.1. The van der Waals surface area contributed by atoms with Crippen LogP contribution in [-0.2, 0) is 0 Å². The van der Waals surface area contributed by atoms with E-state index in [9.17, 15) is 15.0 Å². The predicted molar refractivity (Wildman–Crippen MR) is 99.5 cm³/mol. The maximum Gasteiger partial charge on any atom is 0.196 e. The number of carbonyl (C=O) groups is 1. The summed E-state index contributed by atoms with van der Waals surface area (Å²) in [4.78, 5) is 12.9. The molecule has 4 nitrogen and oxygen atoms in total. The first-order valence-electron chi connectivity index (χ1n) is 8.21. The maximum absolute atomic E-state index is 12.9. The van der Waals surface area contributed by atoms with E-state index in [4.69, 9.17) is 4.74 Å². The number of hydrogen-bond donors (Lipinski definition) is 2. The fraction of sp³-hybridized carbons (Fsp3) is 0.0455. The number of rotatable bonds is 2. The van der Waals surface area contributed by atoms with Crippen molar-refractivity contribution in [2.45, 2.75) is 0 Å². The van der Waals surface area contributed by atoms with Gasteiger partial charge in [-0.1, -0.05) is 42.5 Å². The lowest BCUT2D eigenvalue weighted by atomic mass is 9.94. The molecule has 128 valence electrons. The van der Waals surface area contributed by atoms with Crippen molar-refractivity contribution in [3.8, 4) is 28.4 Å². The zero-order valence-electron chi connectivity index (χ0n) is 13.8. The molecule has 0 spiro atoms. The maximum atomic E-state index is 12.9. The van der Waals surface area contributed by atoms with Crippen molar-refractivity contribution in [3.05, 3.63) is 83.4 Å². The van der Waals surface area contributed by atoms with Crippen LogP contribution in [0.25, 0.3) is 17.2 Å². The second kappa shape index (κ2) is 6.41. The van der Waals surface area contributed by atoms with Gasteiger partial charge in [0.05, 0.1) is 5.56 Å². The molecule has 4 rings (SSSR count). The van der Waals surface area contributed by atoms with Gasteiger partial charge in [0.1, 0.15) is 12.4 Å². The van der Waals surface area contributed by atoms with E-state index in [-0.39, 0.29) is 23.9 Å². The number of phenols is 2. The van der Waals surface area contributed by atoms with Gasteiger partial charge in [0.15, 0.2) is 17.3 Å². The summed E-state index contributed by atoms with van der Waals surface area (Å²) >= 11 is 0. The van der Waals surface area contributed by atoms with Crippen LogP contribution in [0.2, 0.25) is 0 Å². The Labute approximate surface area is 150 Å². The molecule has 3 aromatic rings. The summed E-state index contributed by atoms with van der Waals surface area (Å²) in [6.07, 6.45) is 1.67. The SMILES string of the molecule is O=C1/C(=C/c2ccc(O)c(O)c2)COc2ccc(-c3ccccc3)cc21. The van der Waals surface area contributed by atoms with Crippen LogP contribution in [0, 0.1) is 0 Å². The lowest BCUT2D eigenvalue weighted by molar-refractivity contribution is 0.100. The lowest BCUT2D eigenvalue weighted by Gasteiger charge is -2.20. The van der Waals surface area contributed by atoms with Crippen molar-refractivity contribution in [1.82, 2.24) is 0 Å². The summed E-state index contributed by atoms with van der Waals surface area (Å²) in [5.41, 5.74) is 3.61. The number of Topliss-reactive ketones (excluding diaryl/α,β-unsaturated/α-hetero) is 1. The summed E-state index contributed by atoms with van der Waals surface area (Å²) in [5, 5.41) is 19.0. The van der Waals surface area contributed by atoms with Crippen LogP contribution < -0.4 is 4.74 Å². The Hall–Kier alpha value is -3.53. The van der Waals surface area contributed by atoms with Crippen molar-refractivity contribution in [3.63, 3.8) is 0 Å². The molecule has 2 N–H and O–H groups in total. The highest BCUT2D eigenvalue weighted by molar-refractivity contribution is 6.14. The number of hydrogen-bond acceptors (Lipinski definition) is 4. The topological polar surface area (TPSA) is 66.8 Å². The summed E-state index contributed by atoms with van der Waals surface area (Å²) in [5.74, 6) is 0.0449. The Morgan fingerprint density at radius 2 is 1.65 bits per heavy atom. The fourth-order valence-electron chi connectivity index (χ4n) is 2.98. The molecule has 0 atom stereocenters. The average molecular weight is 344 g/mol. The van der Waals surface area contributed by atoms with E-state index in [1.54, 1.807) is 12.1 Å². The van der Waals surface area contributed by atoms with Gasteiger partial charge in [0.25, 0.3) is 0 Å². The van der Waals surface area contributed by atoms with Crippen LogP contribution in [0.1, 0.15) is 15.9 Å². The highest BCUT2D eigenvalue weighted by atomic mass is 16.5. The third kappa shape index (κ3) is 2.93. The summed E-state index contributed by atoms with van der Waals surface area (Å²) in [6, 6.07) is 19.9. The molecule has 0 saturated heterocycles. The van der Waals surface area contributed by atoms with Crippen molar-refractivity contribution in [2.75, 3.05) is 6.61 Å². The van der Waals surface area contributed by atoms with Crippen LogP contribution in [0.4, 0.5) is 0 Å². The number of fused-ring (bicyclic) bond motifs is 1. The second-order valence-electron chi connectivity index (χ2n) is 6.11. The van der Waals surface area contributed by atoms with Gasteiger partial charge in [0.2, 0.25) is 0 Å². The number of benzene rings is 3. The number of aromatic hydroxyl groups is 2. The minimum Gasteiger partial charge on any atom is -0.504 e. The summed E-state index contributed by atoms with van der Waals surface area (Å²) < 4.78 is 5.72. The summed E-state index contributed by atoms with van der Waals surface area (Å²) in [7, 11) is 0. The Morgan fingerprint density at radius 3 is 2.42 bits per heavy atom. The van der Waals surface area contributed by atoms with Gasteiger partial charge in [-0.15, -0.1) is 0 Å². The molecule has 1 aliphatic heterocycles. The molecule has 0 aliphatic carbocycles. The van der Waals surface area contributed by atoms with Gasteiger partial charge in [-0.3, -0.25) is 4.79 Å². The first-order valence-corrected chi connectivity index (χ1v) is 8.21. The standard InChI is InChI=1S/C22H16O4/c23-19-8-6-14(11-20(19)24)10-17-13-26-21-9-7-16(12-18(21)22(17)25)15-4-2-1-3-5-15/h1-12,23-24H,13H2/b17-10+. The van der Waals surface area contributed by atoms with Crippen molar-refractivity contribution < 1.29 is 19.7 Å². The predicted octanol–water partition coefficient (Wildman–Crippen LogP) is 4.42. The second-order valence-corrected chi connectivity index (χ2v) is 6.11. The summed E-state index contributed by atoms with van der Waals surface area (Å²) in [6.45, 7) is 0.165. The molecule has 4 heteroatoms. The van der Waals surface area contributed by atoms with E-state index < -0.39 is 0 Å². The Bertz CT molecular complexity index is 1020. The number of phenolic OH excluding ortho intramolecular Hbond substituents is 2. The molecular formula is C22H16O4. The largest absolute Gasteiger partial charge is 0.504 e. The van der Waals surface area contributed by atoms with Gasteiger partial charge in [-0.05, 0) is 47.0 Å². The van der Waals surface area contributed by atoms with E-state index in [1.165, 1.54) is 12.1 Å². The van der Waals surface area contributed by atoms with E-state index in [2.05, 4.69) is 0 Å². The molecule has 0 saturated carbocycles. The van der Waals surface area contributed by atoms with E-state index in [1.807, 2.05) is 48.5 Å². The Morgan fingerprint density at radius 1 is 0.846 bits per heavy atom. The normalized spacial score (nSPS) is 14.8. The molecule has 0 unspecified atom stereocenters. The minimum absolute atomic E-state index is 0.100. The molecule has 3 aromatic carbocycles. The monoisotopic (exact) mass is 344 g/mol. The molecular weight excluding hydrogens is 328 g/mol. The Balaban J connectivity index is 1.71. The van der Waals surface area contributed by atoms with Gasteiger partial charge in [0, 0.05) is 5.57 Å². The molecule has 0 bridgehead atoms. The van der Waals surface area contributed by atoms with Crippen LogP contribution in [0.5, 0.6) is 17.2 Å². The van der Waals surface area contributed by atoms with Crippen molar-refractivity contribution in [1.29, 1.82) is 0 Å². The first kappa shape index (κ1) is 16.0. The number of ketones is 1. The lowest BCUT2D eigenvalue weighted by Crippen LogP contribution is -2.19. The van der Waals surface area contributed by atoms with Gasteiger partial charge >= 0.3 is 0 Å². The zero-order valence-corrected chi connectivity index (χ0v) is 13.8. The van der Waals surface area contributed by atoms with Crippen LogP contribution in [0.3, 0.4) is 0 Å². The average Bonchev–Trinajstić information content (AvgIpc) is 2.67. The molecule has 1 heterocycles. The number of ether oxygens (including phenoxy) is 1. The van der Waals surface area contributed by atoms with Crippen molar-refractivity contribution >= 4 is 11.9 Å². The molecule has 0 radical (unpaired) electrons. The minimum atomic E-state index is -0.227. The van der Waals surface area contributed by atoms with E-state index in [0.717, 1.165) is 11.1 Å². The molecule has 0 fully saturated rings. The van der Waals surface area contributed by atoms with Crippen LogP contribution in [-0.4, -0.2) is 22.6 Å². The third-order valence-corrected chi connectivity index (χ3v) is 4.35.